The number of halogens is 1. The van der Waals surface area contributed by atoms with Crippen LogP contribution in [0.15, 0.2) is 76.7 Å². The van der Waals surface area contributed by atoms with Crippen molar-refractivity contribution in [1.29, 1.82) is 0 Å². The summed E-state index contributed by atoms with van der Waals surface area (Å²) in [4.78, 5) is 4.43. The molecule has 0 fully saturated rings. The SMILES string of the molecule is COc1ccccc1-c1cc(CSc2nccn2-c2ccc(Cl)cc2)on1. The molecule has 0 unspecified atom stereocenters. The summed E-state index contributed by atoms with van der Waals surface area (Å²) in [5, 5.41) is 5.75. The van der Waals surface area contributed by atoms with Crippen LogP contribution in [0.3, 0.4) is 0 Å². The fraction of sp³-hybridized carbons (Fsp3) is 0.100. The van der Waals surface area contributed by atoms with Gasteiger partial charge in [-0.1, -0.05) is 40.7 Å². The number of thioether (sulfide) groups is 1. The van der Waals surface area contributed by atoms with Gasteiger partial charge in [-0.3, -0.25) is 4.57 Å². The number of ether oxygens (including phenoxy) is 1. The maximum Gasteiger partial charge on any atom is 0.173 e. The lowest BCUT2D eigenvalue weighted by molar-refractivity contribution is 0.395. The van der Waals surface area contributed by atoms with Gasteiger partial charge in [0.25, 0.3) is 0 Å². The van der Waals surface area contributed by atoms with Gasteiger partial charge in [0.1, 0.15) is 17.2 Å². The van der Waals surface area contributed by atoms with E-state index in [1.54, 1.807) is 25.1 Å². The second-order valence-corrected chi connectivity index (χ2v) is 7.10. The predicted molar refractivity (Wildman–Crippen MR) is 107 cm³/mol. The first-order chi connectivity index (χ1) is 13.2. The van der Waals surface area contributed by atoms with Crippen LogP contribution >= 0.6 is 23.4 Å². The fourth-order valence-electron chi connectivity index (χ4n) is 2.69. The molecular formula is C20H16ClN3O2S. The van der Waals surface area contributed by atoms with E-state index in [0.717, 1.165) is 33.6 Å². The molecule has 2 aromatic carbocycles. The fourth-order valence-corrected chi connectivity index (χ4v) is 3.67. The summed E-state index contributed by atoms with van der Waals surface area (Å²) in [6.45, 7) is 0. The van der Waals surface area contributed by atoms with Crippen molar-refractivity contribution in [3.63, 3.8) is 0 Å². The summed E-state index contributed by atoms with van der Waals surface area (Å²) < 4.78 is 12.9. The Morgan fingerprint density at radius 2 is 1.96 bits per heavy atom. The molecule has 0 aliphatic carbocycles. The third-order valence-electron chi connectivity index (χ3n) is 4.00. The first kappa shape index (κ1) is 17.7. The smallest absolute Gasteiger partial charge is 0.173 e. The Morgan fingerprint density at radius 3 is 2.78 bits per heavy atom. The van der Waals surface area contributed by atoms with E-state index in [-0.39, 0.29) is 0 Å². The number of methoxy groups -OCH3 is 1. The highest BCUT2D eigenvalue weighted by atomic mass is 35.5. The lowest BCUT2D eigenvalue weighted by atomic mass is 10.1. The van der Waals surface area contributed by atoms with Gasteiger partial charge in [-0.25, -0.2) is 4.98 Å². The highest BCUT2D eigenvalue weighted by molar-refractivity contribution is 7.98. The Labute approximate surface area is 165 Å². The van der Waals surface area contributed by atoms with Crippen molar-refractivity contribution < 1.29 is 9.26 Å². The van der Waals surface area contributed by atoms with E-state index in [9.17, 15) is 0 Å². The van der Waals surface area contributed by atoms with Gasteiger partial charge in [0.15, 0.2) is 5.16 Å². The number of para-hydroxylation sites is 1. The molecule has 5 nitrogen and oxygen atoms in total. The topological polar surface area (TPSA) is 53.1 Å². The van der Waals surface area contributed by atoms with Crippen LogP contribution in [0.4, 0.5) is 0 Å². The minimum Gasteiger partial charge on any atom is -0.496 e. The first-order valence-corrected chi connectivity index (χ1v) is 9.62. The van der Waals surface area contributed by atoms with Gasteiger partial charge in [0.2, 0.25) is 0 Å². The second kappa shape index (κ2) is 7.90. The largest absolute Gasteiger partial charge is 0.496 e. The van der Waals surface area contributed by atoms with Crippen LogP contribution in [0.25, 0.3) is 16.9 Å². The molecule has 0 atom stereocenters. The van der Waals surface area contributed by atoms with Gasteiger partial charge in [-0.15, -0.1) is 0 Å². The molecule has 2 aromatic heterocycles. The van der Waals surface area contributed by atoms with Crippen LogP contribution < -0.4 is 4.74 Å². The minimum absolute atomic E-state index is 0.618. The molecule has 0 saturated heterocycles. The molecule has 0 amide bonds. The summed E-state index contributed by atoms with van der Waals surface area (Å²) in [5.74, 6) is 2.15. The number of hydrogen-bond donors (Lipinski definition) is 0. The van der Waals surface area contributed by atoms with E-state index in [1.807, 2.05) is 65.4 Å². The lowest BCUT2D eigenvalue weighted by Crippen LogP contribution is -1.94. The van der Waals surface area contributed by atoms with E-state index in [1.165, 1.54) is 0 Å². The molecule has 2 heterocycles. The number of imidazole rings is 1. The zero-order valence-electron chi connectivity index (χ0n) is 14.5. The minimum atomic E-state index is 0.618. The van der Waals surface area contributed by atoms with E-state index < -0.39 is 0 Å². The van der Waals surface area contributed by atoms with Gasteiger partial charge < -0.3 is 9.26 Å². The van der Waals surface area contributed by atoms with Crippen molar-refractivity contribution in [2.45, 2.75) is 10.9 Å². The molecule has 27 heavy (non-hydrogen) atoms. The standard InChI is InChI=1S/C20H16ClN3O2S/c1-25-19-5-3-2-4-17(19)18-12-16(26-23-18)13-27-20-22-10-11-24(20)15-8-6-14(21)7-9-15/h2-12H,13H2,1H3. The van der Waals surface area contributed by atoms with Crippen LogP contribution in [0.1, 0.15) is 5.76 Å². The third-order valence-corrected chi connectivity index (χ3v) is 5.24. The van der Waals surface area contributed by atoms with Gasteiger partial charge in [-0.2, -0.15) is 0 Å². The number of aromatic nitrogens is 3. The molecule has 0 bridgehead atoms. The van der Waals surface area contributed by atoms with Crippen molar-refractivity contribution in [2.24, 2.45) is 0 Å². The molecular weight excluding hydrogens is 382 g/mol. The third kappa shape index (κ3) is 3.86. The Kier molecular flexibility index (Phi) is 5.18. The number of benzene rings is 2. The Hall–Kier alpha value is -2.70. The Morgan fingerprint density at radius 1 is 1.15 bits per heavy atom. The monoisotopic (exact) mass is 397 g/mol. The first-order valence-electron chi connectivity index (χ1n) is 8.25. The average molecular weight is 398 g/mol. The van der Waals surface area contributed by atoms with Crippen molar-refractivity contribution in [2.75, 3.05) is 7.11 Å². The van der Waals surface area contributed by atoms with Crippen molar-refractivity contribution in [3.8, 4) is 22.7 Å². The number of hydrogen-bond acceptors (Lipinski definition) is 5. The molecule has 0 spiro atoms. The van der Waals surface area contributed by atoms with Gasteiger partial charge in [0, 0.05) is 34.7 Å². The van der Waals surface area contributed by atoms with Crippen molar-refractivity contribution >= 4 is 23.4 Å². The maximum absolute atomic E-state index is 5.97. The molecule has 136 valence electrons. The van der Waals surface area contributed by atoms with E-state index in [4.69, 9.17) is 20.9 Å². The van der Waals surface area contributed by atoms with Crippen molar-refractivity contribution in [3.05, 3.63) is 77.8 Å². The van der Waals surface area contributed by atoms with E-state index in [2.05, 4.69) is 10.1 Å². The highest BCUT2D eigenvalue weighted by Crippen LogP contribution is 2.31. The van der Waals surface area contributed by atoms with Gasteiger partial charge >= 0.3 is 0 Å². The molecule has 7 heteroatoms. The van der Waals surface area contributed by atoms with Crippen LogP contribution in [0, 0.1) is 0 Å². The summed E-state index contributed by atoms with van der Waals surface area (Å²) in [7, 11) is 1.65. The van der Waals surface area contributed by atoms with Crippen LogP contribution in [0.2, 0.25) is 5.02 Å². The average Bonchev–Trinajstić information content (AvgIpc) is 3.36. The normalized spacial score (nSPS) is 10.9. The predicted octanol–water partition coefficient (Wildman–Crippen LogP) is 5.48. The Balaban J connectivity index is 1.50. The van der Waals surface area contributed by atoms with Gasteiger partial charge in [0.05, 0.1) is 12.9 Å². The summed E-state index contributed by atoms with van der Waals surface area (Å²) in [6, 6.07) is 17.3. The molecule has 0 saturated carbocycles. The molecule has 0 radical (unpaired) electrons. The van der Waals surface area contributed by atoms with Crippen LogP contribution in [0.5, 0.6) is 5.75 Å². The molecule has 4 rings (SSSR count). The second-order valence-electron chi connectivity index (χ2n) is 5.72. The molecule has 0 N–H and O–H groups in total. The zero-order valence-corrected chi connectivity index (χ0v) is 16.1. The Bertz CT molecular complexity index is 1040. The lowest BCUT2D eigenvalue weighted by Gasteiger charge is -2.06. The number of rotatable bonds is 6. The quantitative estimate of drug-likeness (QED) is 0.403. The van der Waals surface area contributed by atoms with Crippen LogP contribution in [-0.4, -0.2) is 21.8 Å². The number of nitrogens with zero attached hydrogens (tertiary/aromatic N) is 3. The van der Waals surface area contributed by atoms with E-state index in [0.29, 0.717) is 10.8 Å². The summed E-state index contributed by atoms with van der Waals surface area (Å²) in [5.41, 5.74) is 2.67. The van der Waals surface area contributed by atoms with E-state index >= 15 is 0 Å². The van der Waals surface area contributed by atoms with Crippen molar-refractivity contribution in [1.82, 2.24) is 14.7 Å². The molecule has 0 aliphatic rings. The summed E-state index contributed by atoms with van der Waals surface area (Å²) in [6.07, 6.45) is 3.70. The van der Waals surface area contributed by atoms with Crippen LogP contribution in [-0.2, 0) is 5.75 Å². The molecule has 0 aliphatic heterocycles. The summed E-state index contributed by atoms with van der Waals surface area (Å²) >= 11 is 7.55. The highest BCUT2D eigenvalue weighted by Gasteiger charge is 2.13. The maximum atomic E-state index is 5.97. The molecule has 4 aromatic rings. The van der Waals surface area contributed by atoms with Gasteiger partial charge in [-0.05, 0) is 36.4 Å². The zero-order chi connectivity index (χ0) is 18.6.